The van der Waals surface area contributed by atoms with E-state index in [2.05, 4.69) is 4.72 Å². The predicted molar refractivity (Wildman–Crippen MR) is 87.1 cm³/mol. The monoisotopic (exact) mass is 356 g/mol. The molecule has 1 atom stereocenters. The standard InChI is InChI=1S/C12H18Cl2N2O2S2/c1-8(7-19-2)6-16-20(17,18)11-4-10(13)3-9(5-15)12(11)14/h3-4,8,16H,5-7,15H2,1-2H3. The molecule has 1 aromatic carbocycles. The average Bonchev–Trinajstić information content (AvgIpc) is 2.39. The number of rotatable bonds is 7. The Morgan fingerprint density at radius 1 is 1.40 bits per heavy atom. The third-order valence-corrected chi connectivity index (χ3v) is 5.79. The highest BCUT2D eigenvalue weighted by atomic mass is 35.5. The van der Waals surface area contributed by atoms with Crippen LogP contribution in [0.2, 0.25) is 10.0 Å². The van der Waals surface area contributed by atoms with Gasteiger partial charge in [-0.25, -0.2) is 13.1 Å². The fraction of sp³-hybridized carbons (Fsp3) is 0.500. The second-order valence-corrected chi connectivity index (χ2v) is 7.95. The largest absolute Gasteiger partial charge is 0.326 e. The first kappa shape index (κ1) is 18.1. The molecule has 20 heavy (non-hydrogen) atoms. The molecule has 0 bridgehead atoms. The van der Waals surface area contributed by atoms with Gasteiger partial charge >= 0.3 is 0 Å². The Morgan fingerprint density at radius 3 is 2.60 bits per heavy atom. The third-order valence-electron chi connectivity index (χ3n) is 2.66. The van der Waals surface area contributed by atoms with Gasteiger partial charge in [-0.1, -0.05) is 30.1 Å². The minimum absolute atomic E-state index is 0.0246. The number of hydrogen-bond acceptors (Lipinski definition) is 4. The van der Waals surface area contributed by atoms with Gasteiger partial charge < -0.3 is 5.73 Å². The number of nitrogens with one attached hydrogen (secondary N) is 1. The Bertz CT molecular complexity index is 565. The molecule has 1 aromatic rings. The summed E-state index contributed by atoms with van der Waals surface area (Å²) in [5.74, 6) is 1.10. The smallest absolute Gasteiger partial charge is 0.242 e. The number of sulfonamides is 1. The second-order valence-electron chi connectivity index (χ2n) is 4.49. The van der Waals surface area contributed by atoms with E-state index in [9.17, 15) is 8.42 Å². The molecule has 4 nitrogen and oxygen atoms in total. The van der Waals surface area contributed by atoms with Gasteiger partial charge in [0.15, 0.2) is 0 Å². The van der Waals surface area contributed by atoms with Crippen molar-refractivity contribution in [3.63, 3.8) is 0 Å². The zero-order valence-electron chi connectivity index (χ0n) is 11.3. The van der Waals surface area contributed by atoms with Crippen LogP contribution in [0.15, 0.2) is 17.0 Å². The Balaban J connectivity index is 3.01. The normalized spacial score (nSPS) is 13.4. The van der Waals surface area contributed by atoms with Crippen LogP contribution in [0.5, 0.6) is 0 Å². The number of nitrogens with two attached hydrogens (primary N) is 1. The zero-order chi connectivity index (χ0) is 15.3. The van der Waals surface area contributed by atoms with E-state index in [4.69, 9.17) is 28.9 Å². The molecular weight excluding hydrogens is 339 g/mol. The van der Waals surface area contributed by atoms with E-state index in [1.54, 1.807) is 17.8 Å². The van der Waals surface area contributed by atoms with E-state index in [0.29, 0.717) is 17.1 Å². The Morgan fingerprint density at radius 2 is 2.05 bits per heavy atom. The molecule has 0 aliphatic heterocycles. The Hall–Kier alpha value is 0.0200. The maximum absolute atomic E-state index is 12.3. The van der Waals surface area contributed by atoms with Gasteiger partial charge in [-0.2, -0.15) is 11.8 Å². The first-order chi connectivity index (χ1) is 9.31. The molecule has 0 aromatic heterocycles. The van der Waals surface area contributed by atoms with Crippen molar-refractivity contribution in [2.24, 2.45) is 11.7 Å². The van der Waals surface area contributed by atoms with Crippen LogP contribution < -0.4 is 10.5 Å². The minimum Gasteiger partial charge on any atom is -0.326 e. The van der Waals surface area contributed by atoms with Gasteiger partial charge in [0.2, 0.25) is 10.0 Å². The molecule has 0 spiro atoms. The maximum atomic E-state index is 12.3. The van der Waals surface area contributed by atoms with Crippen molar-refractivity contribution in [2.45, 2.75) is 18.4 Å². The SMILES string of the molecule is CSCC(C)CNS(=O)(=O)c1cc(Cl)cc(CN)c1Cl. The lowest BCUT2D eigenvalue weighted by molar-refractivity contribution is 0.562. The highest BCUT2D eigenvalue weighted by Gasteiger charge is 2.21. The molecule has 0 saturated heterocycles. The highest BCUT2D eigenvalue weighted by Crippen LogP contribution is 2.29. The van der Waals surface area contributed by atoms with E-state index >= 15 is 0 Å². The summed E-state index contributed by atoms with van der Waals surface area (Å²) in [6, 6.07) is 2.91. The van der Waals surface area contributed by atoms with Crippen molar-refractivity contribution in [2.75, 3.05) is 18.6 Å². The summed E-state index contributed by atoms with van der Waals surface area (Å²) < 4.78 is 27.1. The maximum Gasteiger partial charge on any atom is 0.242 e. The first-order valence-electron chi connectivity index (χ1n) is 5.98. The van der Waals surface area contributed by atoms with Gasteiger partial charge in [0.1, 0.15) is 4.90 Å². The minimum atomic E-state index is -3.69. The van der Waals surface area contributed by atoms with Crippen molar-refractivity contribution >= 4 is 45.0 Å². The van der Waals surface area contributed by atoms with Gasteiger partial charge in [-0.3, -0.25) is 0 Å². The van der Waals surface area contributed by atoms with Gasteiger partial charge in [0.05, 0.1) is 5.02 Å². The number of thioether (sulfide) groups is 1. The molecule has 0 aliphatic rings. The van der Waals surface area contributed by atoms with Gasteiger partial charge in [0, 0.05) is 18.1 Å². The molecule has 0 heterocycles. The molecule has 8 heteroatoms. The zero-order valence-corrected chi connectivity index (χ0v) is 14.5. The van der Waals surface area contributed by atoms with Gasteiger partial charge in [0.25, 0.3) is 0 Å². The number of benzene rings is 1. The van der Waals surface area contributed by atoms with Crippen LogP contribution in [0.3, 0.4) is 0 Å². The van der Waals surface area contributed by atoms with Crippen molar-refractivity contribution in [1.82, 2.24) is 4.72 Å². The summed E-state index contributed by atoms with van der Waals surface area (Å²) in [6.07, 6.45) is 1.98. The molecule has 0 aliphatic carbocycles. The molecular formula is C12H18Cl2N2O2S2. The fourth-order valence-electron chi connectivity index (χ4n) is 1.64. The molecule has 114 valence electrons. The highest BCUT2D eigenvalue weighted by molar-refractivity contribution is 7.98. The Kier molecular flexibility index (Phi) is 7.11. The molecule has 0 saturated carbocycles. The Labute approximate surface area is 134 Å². The average molecular weight is 357 g/mol. The van der Waals surface area contributed by atoms with Crippen LogP contribution in [0.25, 0.3) is 0 Å². The van der Waals surface area contributed by atoms with Crippen molar-refractivity contribution in [3.05, 3.63) is 27.7 Å². The summed E-state index contributed by atoms with van der Waals surface area (Å²) in [6.45, 7) is 2.46. The van der Waals surface area contributed by atoms with Crippen molar-refractivity contribution < 1.29 is 8.42 Å². The van der Waals surface area contributed by atoms with Crippen LogP contribution in [0.1, 0.15) is 12.5 Å². The molecule has 0 radical (unpaired) electrons. The summed E-state index contributed by atoms with van der Waals surface area (Å²) in [5, 5.41) is 0.425. The van der Waals surface area contributed by atoms with E-state index in [-0.39, 0.29) is 22.4 Å². The van der Waals surface area contributed by atoms with Crippen LogP contribution in [0, 0.1) is 5.92 Å². The first-order valence-corrected chi connectivity index (χ1v) is 9.61. The predicted octanol–water partition coefficient (Wildman–Crippen LogP) is 2.73. The lowest BCUT2D eigenvalue weighted by atomic mass is 10.2. The summed E-state index contributed by atoms with van der Waals surface area (Å²) in [7, 11) is -3.69. The quantitative estimate of drug-likeness (QED) is 0.787. The summed E-state index contributed by atoms with van der Waals surface area (Å²) in [5.41, 5.74) is 6.04. The molecule has 0 amide bonds. The van der Waals surface area contributed by atoms with Crippen LogP contribution in [0.4, 0.5) is 0 Å². The van der Waals surface area contributed by atoms with Crippen LogP contribution >= 0.6 is 35.0 Å². The van der Waals surface area contributed by atoms with E-state index in [1.807, 2.05) is 13.2 Å². The lowest BCUT2D eigenvalue weighted by Gasteiger charge is -2.14. The molecule has 1 unspecified atom stereocenters. The fourth-order valence-corrected chi connectivity index (χ4v) is 4.43. The molecule has 0 fully saturated rings. The lowest BCUT2D eigenvalue weighted by Crippen LogP contribution is -2.29. The second kappa shape index (κ2) is 7.87. The van der Waals surface area contributed by atoms with Crippen LogP contribution in [-0.4, -0.2) is 27.0 Å². The number of hydrogen-bond donors (Lipinski definition) is 2. The summed E-state index contributed by atoms with van der Waals surface area (Å²) >= 11 is 13.7. The van der Waals surface area contributed by atoms with Crippen molar-refractivity contribution in [1.29, 1.82) is 0 Å². The van der Waals surface area contributed by atoms with Crippen LogP contribution in [-0.2, 0) is 16.6 Å². The summed E-state index contributed by atoms with van der Waals surface area (Å²) in [4.78, 5) is -0.0246. The van der Waals surface area contributed by atoms with Gasteiger partial charge in [-0.05, 0) is 35.6 Å². The topological polar surface area (TPSA) is 72.2 Å². The van der Waals surface area contributed by atoms with E-state index in [0.717, 1.165) is 5.75 Å². The van der Waals surface area contributed by atoms with E-state index < -0.39 is 10.0 Å². The van der Waals surface area contributed by atoms with Crippen molar-refractivity contribution in [3.8, 4) is 0 Å². The van der Waals surface area contributed by atoms with Gasteiger partial charge in [-0.15, -0.1) is 0 Å². The van der Waals surface area contributed by atoms with E-state index in [1.165, 1.54) is 6.07 Å². The molecule has 1 rings (SSSR count). The molecule has 3 N–H and O–H groups in total. The number of halogens is 2. The third kappa shape index (κ3) is 4.79.